The molecule has 0 N–H and O–H groups in total. The summed E-state index contributed by atoms with van der Waals surface area (Å²) in [5, 5.41) is 7.95. The fourth-order valence-corrected chi connectivity index (χ4v) is 4.30. The molecule has 1 atom stereocenters. The number of alkyl halides is 3. The predicted octanol–water partition coefficient (Wildman–Crippen LogP) is 4.12. The maximum Gasteiger partial charge on any atom is 0.416 e. The van der Waals surface area contributed by atoms with E-state index in [1.54, 1.807) is 17.2 Å². The molecule has 1 aliphatic rings. The van der Waals surface area contributed by atoms with Gasteiger partial charge >= 0.3 is 6.18 Å². The number of thioether (sulfide) groups is 1. The highest BCUT2D eigenvalue weighted by molar-refractivity contribution is 8.00. The van der Waals surface area contributed by atoms with Crippen LogP contribution >= 0.6 is 11.8 Å². The molecule has 1 saturated heterocycles. The van der Waals surface area contributed by atoms with Gasteiger partial charge in [0, 0.05) is 6.54 Å². The molecule has 1 fully saturated rings. The number of rotatable bonds is 5. The fourth-order valence-electron chi connectivity index (χ4n) is 3.19. The summed E-state index contributed by atoms with van der Waals surface area (Å²) in [5.41, 5.74) is 1.42. The number of hydrogen-bond donors (Lipinski definition) is 0. The maximum atomic E-state index is 12.9. The summed E-state index contributed by atoms with van der Waals surface area (Å²) in [6, 6.07) is 14.8. The van der Waals surface area contributed by atoms with Gasteiger partial charge in [0.1, 0.15) is 11.1 Å². The van der Waals surface area contributed by atoms with E-state index in [2.05, 4.69) is 10.3 Å². The van der Waals surface area contributed by atoms with E-state index in [4.69, 9.17) is 0 Å². The minimum absolute atomic E-state index is 0.0243. The second-order valence-corrected chi connectivity index (χ2v) is 7.78. The van der Waals surface area contributed by atoms with Crippen molar-refractivity contribution >= 4 is 17.7 Å². The standard InChI is InChI=1S/C20H17F3N4OS/c21-20(22,23)16-8-4-7-15(9-16)10-26-12-17(24-25-26)19-27(18(28)13-29-19)11-14-5-2-1-3-6-14/h1-9,12,19H,10-11,13H2/t19-/m1/s1. The van der Waals surface area contributed by atoms with E-state index >= 15 is 0 Å². The lowest BCUT2D eigenvalue weighted by Gasteiger charge is -2.22. The Hall–Kier alpha value is -2.81. The first-order valence-electron chi connectivity index (χ1n) is 8.91. The highest BCUT2D eigenvalue weighted by Crippen LogP contribution is 2.38. The molecule has 0 bridgehead atoms. The van der Waals surface area contributed by atoms with Crippen LogP contribution in [-0.4, -0.2) is 31.6 Å². The molecular formula is C20H17F3N4OS. The third kappa shape index (κ3) is 4.45. The van der Waals surface area contributed by atoms with E-state index in [0.29, 0.717) is 23.6 Å². The van der Waals surface area contributed by atoms with Gasteiger partial charge in [-0.05, 0) is 23.3 Å². The highest BCUT2D eigenvalue weighted by atomic mass is 32.2. The number of benzene rings is 2. The van der Waals surface area contributed by atoms with Gasteiger partial charge in [0.05, 0.1) is 24.1 Å². The zero-order valence-corrected chi connectivity index (χ0v) is 16.0. The molecule has 9 heteroatoms. The van der Waals surface area contributed by atoms with E-state index in [1.807, 2.05) is 30.3 Å². The van der Waals surface area contributed by atoms with E-state index in [9.17, 15) is 18.0 Å². The van der Waals surface area contributed by atoms with Crippen LogP contribution in [0.1, 0.15) is 27.8 Å². The van der Waals surface area contributed by atoms with E-state index in [1.165, 1.54) is 22.5 Å². The Morgan fingerprint density at radius 2 is 1.79 bits per heavy atom. The van der Waals surface area contributed by atoms with Gasteiger partial charge in [0.15, 0.2) is 0 Å². The number of aromatic nitrogens is 3. The Balaban J connectivity index is 1.50. The van der Waals surface area contributed by atoms with Gasteiger partial charge in [0.25, 0.3) is 0 Å². The second-order valence-electron chi connectivity index (χ2n) is 6.71. The molecule has 4 rings (SSSR count). The summed E-state index contributed by atoms with van der Waals surface area (Å²) in [4.78, 5) is 14.1. The average molecular weight is 418 g/mol. The Kier molecular flexibility index (Phi) is 5.31. The van der Waals surface area contributed by atoms with Crippen LogP contribution in [0.15, 0.2) is 60.8 Å². The summed E-state index contributed by atoms with van der Waals surface area (Å²) in [6.07, 6.45) is -2.70. The van der Waals surface area contributed by atoms with E-state index in [0.717, 1.165) is 17.7 Å². The first kappa shape index (κ1) is 19.5. The molecule has 0 radical (unpaired) electrons. The lowest BCUT2D eigenvalue weighted by molar-refractivity contribution is -0.137. The van der Waals surface area contributed by atoms with Gasteiger partial charge in [-0.25, -0.2) is 4.68 Å². The van der Waals surface area contributed by atoms with Crippen molar-refractivity contribution in [2.45, 2.75) is 24.6 Å². The number of nitrogens with zero attached hydrogens (tertiary/aromatic N) is 4. The zero-order valence-electron chi connectivity index (χ0n) is 15.2. The molecular weight excluding hydrogens is 401 g/mol. The van der Waals surface area contributed by atoms with Gasteiger partial charge in [0.2, 0.25) is 5.91 Å². The van der Waals surface area contributed by atoms with Crippen LogP contribution in [0.2, 0.25) is 0 Å². The van der Waals surface area contributed by atoms with Crippen LogP contribution in [0.5, 0.6) is 0 Å². The lowest BCUT2D eigenvalue weighted by atomic mass is 10.1. The van der Waals surface area contributed by atoms with Crippen LogP contribution < -0.4 is 0 Å². The fraction of sp³-hybridized carbons (Fsp3) is 0.250. The molecule has 2 aromatic carbocycles. The molecule has 1 aromatic heterocycles. The summed E-state index contributed by atoms with van der Waals surface area (Å²) in [6.45, 7) is 0.638. The Morgan fingerprint density at radius 3 is 2.55 bits per heavy atom. The molecule has 1 amide bonds. The second kappa shape index (κ2) is 7.90. The molecule has 1 aliphatic heterocycles. The predicted molar refractivity (Wildman–Crippen MR) is 103 cm³/mol. The van der Waals surface area contributed by atoms with Crippen LogP contribution in [0.25, 0.3) is 0 Å². The highest BCUT2D eigenvalue weighted by Gasteiger charge is 2.35. The molecule has 0 saturated carbocycles. The van der Waals surface area contributed by atoms with Gasteiger partial charge in [-0.2, -0.15) is 13.2 Å². The molecule has 29 heavy (non-hydrogen) atoms. The van der Waals surface area contributed by atoms with Crippen LogP contribution in [-0.2, 0) is 24.1 Å². The topological polar surface area (TPSA) is 51.0 Å². The molecule has 0 aliphatic carbocycles. The van der Waals surface area contributed by atoms with Crippen LogP contribution in [0, 0.1) is 0 Å². The molecule has 0 spiro atoms. The van der Waals surface area contributed by atoms with Crippen LogP contribution in [0.3, 0.4) is 0 Å². The van der Waals surface area contributed by atoms with E-state index < -0.39 is 11.7 Å². The lowest BCUT2D eigenvalue weighted by Crippen LogP contribution is -2.27. The Bertz CT molecular complexity index is 1010. The quantitative estimate of drug-likeness (QED) is 0.626. The normalized spacial score (nSPS) is 17.1. The Labute approximate surface area is 169 Å². The first-order valence-corrected chi connectivity index (χ1v) is 9.96. The van der Waals surface area contributed by atoms with Crippen molar-refractivity contribution in [3.05, 3.63) is 83.2 Å². The minimum Gasteiger partial charge on any atom is -0.320 e. The molecule has 150 valence electrons. The van der Waals surface area contributed by atoms with Gasteiger partial charge in [-0.1, -0.05) is 47.7 Å². The number of hydrogen-bond acceptors (Lipinski definition) is 4. The van der Waals surface area contributed by atoms with Gasteiger partial charge in [-0.15, -0.1) is 16.9 Å². The number of halogens is 3. The Morgan fingerprint density at radius 1 is 1.03 bits per heavy atom. The summed E-state index contributed by atoms with van der Waals surface area (Å²) >= 11 is 1.47. The third-order valence-electron chi connectivity index (χ3n) is 4.57. The van der Waals surface area contributed by atoms with Crippen molar-refractivity contribution < 1.29 is 18.0 Å². The smallest absolute Gasteiger partial charge is 0.320 e. The van der Waals surface area contributed by atoms with Crippen molar-refractivity contribution in [2.75, 3.05) is 5.75 Å². The molecule has 2 heterocycles. The summed E-state index contributed by atoms with van der Waals surface area (Å²) in [5.74, 6) is 0.383. The van der Waals surface area contributed by atoms with E-state index in [-0.39, 0.29) is 17.8 Å². The molecule has 5 nitrogen and oxygen atoms in total. The zero-order chi connectivity index (χ0) is 20.4. The summed E-state index contributed by atoms with van der Waals surface area (Å²) < 4.78 is 40.2. The third-order valence-corrected chi connectivity index (χ3v) is 5.80. The van der Waals surface area contributed by atoms with Crippen molar-refractivity contribution in [3.63, 3.8) is 0 Å². The van der Waals surface area contributed by atoms with Crippen LogP contribution in [0.4, 0.5) is 13.2 Å². The molecule has 0 unspecified atom stereocenters. The number of carbonyl (C=O) groups excluding carboxylic acids is 1. The van der Waals surface area contributed by atoms with Crippen molar-refractivity contribution in [1.82, 2.24) is 19.9 Å². The summed E-state index contributed by atoms with van der Waals surface area (Å²) in [7, 11) is 0. The van der Waals surface area contributed by atoms with Crippen molar-refractivity contribution in [2.24, 2.45) is 0 Å². The maximum absolute atomic E-state index is 12.9. The van der Waals surface area contributed by atoms with Crippen molar-refractivity contribution in [3.8, 4) is 0 Å². The average Bonchev–Trinajstić information content (AvgIpc) is 3.29. The molecule has 3 aromatic rings. The first-order chi connectivity index (χ1) is 13.9. The van der Waals surface area contributed by atoms with Gasteiger partial charge < -0.3 is 4.90 Å². The SMILES string of the molecule is O=C1CS[C@H](c2cn(Cc3cccc(C(F)(F)F)c3)nn2)N1Cc1ccccc1. The number of carbonyl (C=O) groups is 1. The number of amides is 1. The van der Waals surface area contributed by atoms with Crippen molar-refractivity contribution in [1.29, 1.82) is 0 Å². The minimum atomic E-state index is -4.39. The monoisotopic (exact) mass is 418 g/mol. The van der Waals surface area contributed by atoms with Gasteiger partial charge in [-0.3, -0.25) is 4.79 Å². The largest absolute Gasteiger partial charge is 0.416 e.